The Kier molecular flexibility index (Phi) is 25.3. The number of amides is 3. The number of hydrogen-bond donors (Lipinski definition) is 3. The van der Waals surface area contributed by atoms with E-state index in [1.165, 1.54) is 135 Å². The van der Waals surface area contributed by atoms with Gasteiger partial charge in [-0.1, -0.05) is 141 Å². The number of rotatable bonds is 9. The van der Waals surface area contributed by atoms with Gasteiger partial charge in [-0.25, -0.2) is 0 Å². The molecule has 1 saturated carbocycles. The lowest BCUT2D eigenvalue weighted by Crippen LogP contribution is -2.46. The van der Waals surface area contributed by atoms with Gasteiger partial charge in [-0.2, -0.15) is 0 Å². The van der Waals surface area contributed by atoms with E-state index >= 15 is 0 Å². The first-order valence-electron chi connectivity index (χ1n) is 17.8. The number of carbonyl (C=O) groups is 4. The maximum absolute atomic E-state index is 13.0. The molecule has 1 fully saturated rings. The summed E-state index contributed by atoms with van der Waals surface area (Å²) < 4.78 is 0. The molecule has 42 heavy (non-hydrogen) atoms. The van der Waals surface area contributed by atoms with Crippen molar-refractivity contribution in [1.29, 1.82) is 0 Å². The van der Waals surface area contributed by atoms with Crippen molar-refractivity contribution in [2.45, 2.75) is 179 Å². The molecule has 1 rings (SSSR count). The molecule has 7 heteroatoms. The van der Waals surface area contributed by atoms with Crippen molar-refractivity contribution in [3.8, 4) is 0 Å². The van der Waals surface area contributed by atoms with Crippen LogP contribution in [0.25, 0.3) is 0 Å². The van der Waals surface area contributed by atoms with Crippen LogP contribution in [0.2, 0.25) is 0 Å². The summed E-state index contributed by atoms with van der Waals surface area (Å²) in [4.78, 5) is 47.8. The van der Waals surface area contributed by atoms with Crippen LogP contribution in [-0.2, 0) is 19.2 Å². The van der Waals surface area contributed by atoms with Gasteiger partial charge in [0.05, 0.1) is 6.54 Å². The second-order valence-corrected chi connectivity index (χ2v) is 12.7. The first-order valence-corrected chi connectivity index (χ1v) is 17.8. The summed E-state index contributed by atoms with van der Waals surface area (Å²) in [6.07, 6.45) is 33.0. The van der Waals surface area contributed by atoms with Crippen LogP contribution in [0.4, 0.5) is 0 Å². The molecule has 1 atom stereocenters. The normalized spacial score (nSPS) is 19.7. The van der Waals surface area contributed by atoms with Gasteiger partial charge in [-0.15, -0.1) is 0 Å². The molecule has 1 aliphatic rings. The van der Waals surface area contributed by atoms with Crippen LogP contribution < -0.4 is 16.0 Å². The molecule has 0 aromatic rings. The van der Waals surface area contributed by atoms with Gasteiger partial charge in [-0.3, -0.25) is 14.4 Å². The average molecular weight is 592 g/mol. The molecule has 3 N–H and O–H groups in total. The molecule has 7 nitrogen and oxygen atoms in total. The topological polar surface area (TPSA) is 104 Å². The number of aldehydes is 1. The summed E-state index contributed by atoms with van der Waals surface area (Å²) in [7, 11) is 1.54. The van der Waals surface area contributed by atoms with Crippen molar-refractivity contribution in [3.63, 3.8) is 0 Å². The lowest BCUT2D eigenvalue weighted by Gasteiger charge is -2.20. The van der Waals surface area contributed by atoms with Gasteiger partial charge >= 0.3 is 0 Å². The highest BCUT2D eigenvalue weighted by atomic mass is 16.2. The summed E-state index contributed by atoms with van der Waals surface area (Å²) in [5, 5.41) is 7.97. The van der Waals surface area contributed by atoms with Crippen molar-refractivity contribution in [2.75, 3.05) is 13.6 Å². The molecule has 0 saturated heterocycles. The summed E-state index contributed by atoms with van der Waals surface area (Å²) in [5.74, 6) is -0.366. The van der Waals surface area contributed by atoms with Gasteiger partial charge in [0.15, 0.2) is 0 Å². The zero-order valence-electron chi connectivity index (χ0n) is 27.2. The van der Waals surface area contributed by atoms with E-state index in [0.717, 1.165) is 25.7 Å². The van der Waals surface area contributed by atoms with Gasteiger partial charge in [0.25, 0.3) is 0 Å². The van der Waals surface area contributed by atoms with E-state index in [9.17, 15) is 19.2 Å². The van der Waals surface area contributed by atoms with E-state index < -0.39 is 6.04 Å². The Labute approximate surface area is 257 Å². The molecule has 244 valence electrons. The van der Waals surface area contributed by atoms with Gasteiger partial charge < -0.3 is 20.7 Å². The Morgan fingerprint density at radius 3 is 1.36 bits per heavy atom. The van der Waals surface area contributed by atoms with Gasteiger partial charge in [0.1, 0.15) is 12.3 Å². The summed E-state index contributed by atoms with van der Waals surface area (Å²) in [5.41, 5.74) is 0. The Bertz CT molecular complexity index is 674. The summed E-state index contributed by atoms with van der Waals surface area (Å²) >= 11 is 0. The number of hydrogen-bond acceptors (Lipinski definition) is 4. The standard InChI is InChI=1S/C35H65N3O4/c1-36-35(42)32(26-27-33(40)37-28-29-39)38-34(41)30-31-24-22-20-18-16-14-12-10-8-6-4-2-3-5-7-9-11-13-15-17-19-21-23-25-31/h29,31-32H,2-28,30H2,1H3,(H,36,42)(H,37,40)(H,38,41)/t32-/m0/s1. The molecule has 0 spiro atoms. The molecule has 3 amide bonds. The minimum atomic E-state index is -0.747. The Balaban J connectivity index is 2.54. The highest BCUT2D eigenvalue weighted by molar-refractivity contribution is 5.88. The highest BCUT2D eigenvalue weighted by Crippen LogP contribution is 2.23. The van der Waals surface area contributed by atoms with Crippen LogP contribution in [0.15, 0.2) is 0 Å². The van der Waals surface area contributed by atoms with Crippen LogP contribution in [0.1, 0.15) is 173 Å². The van der Waals surface area contributed by atoms with Crippen molar-refractivity contribution >= 4 is 24.0 Å². The van der Waals surface area contributed by atoms with Gasteiger partial charge in [0, 0.05) is 19.9 Å². The fraction of sp³-hybridized carbons (Fsp3) is 0.886. The van der Waals surface area contributed by atoms with Crippen LogP contribution in [0.3, 0.4) is 0 Å². The van der Waals surface area contributed by atoms with Crippen molar-refractivity contribution in [2.24, 2.45) is 5.92 Å². The summed E-state index contributed by atoms with van der Waals surface area (Å²) in [6, 6.07) is -0.747. The molecule has 0 aromatic heterocycles. The van der Waals surface area contributed by atoms with E-state index in [1.54, 1.807) is 0 Å². The van der Waals surface area contributed by atoms with Crippen LogP contribution in [-0.4, -0.2) is 43.6 Å². The summed E-state index contributed by atoms with van der Waals surface area (Å²) in [6.45, 7) is -0.0441. The lowest BCUT2D eigenvalue weighted by atomic mass is 9.91. The van der Waals surface area contributed by atoms with Crippen molar-refractivity contribution in [3.05, 3.63) is 0 Å². The highest BCUT2D eigenvalue weighted by Gasteiger charge is 2.22. The molecule has 0 heterocycles. The predicted octanol–water partition coefficient (Wildman–Crippen LogP) is 7.69. The second-order valence-electron chi connectivity index (χ2n) is 12.7. The molecular formula is C35H65N3O4. The lowest BCUT2D eigenvalue weighted by molar-refractivity contribution is -0.130. The minimum absolute atomic E-state index is 0.0441. The Hall–Kier alpha value is -1.92. The van der Waals surface area contributed by atoms with E-state index in [0.29, 0.717) is 18.6 Å². The smallest absolute Gasteiger partial charge is 0.242 e. The SMILES string of the molecule is CNC(=O)[C@H](CCC(=O)NCC=O)NC(=O)CC1CCCCCCCCCCCCCCCCCCCCCCCC1. The zero-order valence-corrected chi connectivity index (χ0v) is 27.2. The maximum atomic E-state index is 13.0. The largest absolute Gasteiger partial charge is 0.357 e. The molecule has 0 aliphatic heterocycles. The van der Waals surface area contributed by atoms with Gasteiger partial charge in [-0.05, 0) is 25.2 Å². The Morgan fingerprint density at radius 1 is 0.619 bits per heavy atom. The molecule has 0 unspecified atom stereocenters. The quantitative estimate of drug-likeness (QED) is 0.239. The average Bonchev–Trinajstić information content (AvgIpc) is 2.99. The third-order valence-corrected chi connectivity index (χ3v) is 8.89. The fourth-order valence-electron chi connectivity index (χ4n) is 6.23. The monoisotopic (exact) mass is 591 g/mol. The Morgan fingerprint density at radius 2 is 1.00 bits per heavy atom. The molecule has 0 aromatic carbocycles. The van der Waals surface area contributed by atoms with Crippen molar-refractivity contribution < 1.29 is 19.2 Å². The van der Waals surface area contributed by atoms with Crippen LogP contribution >= 0.6 is 0 Å². The molecule has 0 radical (unpaired) electrons. The third kappa shape index (κ3) is 22.6. The van der Waals surface area contributed by atoms with Crippen LogP contribution in [0.5, 0.6) is 0 Å². The minimum Gasteiger partial charge on any atom is -0.357 e. The van der Waals surface area contributed by atoms with E-state index in [-0.39, 0.29) is 37.1 Å². The number of nitrogens with one attached hydrogen (secondary N) is 3. The zero-order chi connectivity index (χ0) is 30.5. The molecular weight excluding hydrogens is 526 g/mol. The third-order valence-electron chi connectivity index (χ3n) is 8.89. The first-order chi connectivity index (χ1) is 20.6. The molecule has 1 aliphatic carbocycles. The number of carbonyl (C=O) groups excluding carboxylic acids is 4. The van der Waals surface area contributed by atoms with Gasteiger partial charge in [0.2, 0.25) is 17.7 Å². The predicted molar refractivity (Wildman–Crippen MR) is 173 cm³/mol. The number of likely N-dealkylation sites (N-methyl/N-ethyl adjacent to an activating group) is 1. The second kappa shape index (κ2) is 27.9. The van der Waals surface area contributed by atoms with E-state index in [4.69, 9.17) is 0 Å². The van der Waals surface area contributed by atoms with Crippen molar-refractivity contribution in [1.82, 2.24) is 16.0 Å². The van der Waals surface area contributed by atoms with E-state index in [2.05, 4.69) is 16.0 Å². The first kappa shape index (κ1) is 38.1. The fourth-order valence-corrected chi connectivity index (χ4v) is 6.23. The van der Waals surface area contributed by atoms with E-state index in [1.807, 2.05) is 0 Å². The van der Waals surface area contributed by atoms with Crippen LogP contribution in [0, 0.1) is 5.92 Å². The maximum Gasteiger partial charge on any atom is 0.242 e. The molecule has 0 bridgehead atoms.